The van der Waals surface area contributed by atoms with Crippen molar-refractivity contribution in [3.05, 3.63) is 17.7 Å². The molecule has 0 heterocycles. The fourth-order valence-electron chi connectivity index (χ4n) is 1.93. The van der Waals surface area contributed by atoms with Crippen LogP contribution in [0.25, 0.3) is 0 Å². The van der Waals surface area contributed by atoms with Crippen molar-refractivity contribution >= 4 is 25.7 Å². The molecular weight excluding hydrogens is 383 g/mol. The molecule has 0 radical (unpaired) electrons. The molecular formula is C13H20F3N3O4S2. The average molecular weight is 403 g/mol. The molecule has 0 fully saturated rings. The Hall–Kier alpha value is -1.37. The summed E-state index contributed by atoms with van der Waals surface area (Å²) in [5.74, 6) is 0. The Morgan fingerprint density at radius 3 is 1.48 bits per heavy atom. The molecule has 1 aromatic rings. The summed E-state index contributed by atoms with van der Waals surface area (Å²) in [6.07, 6.45) is -4.98. The van der Waals surface area contributed by atoms with Crippen molar-refractivity contribution in [2.45, 2.75) is 16.0 Å². The maximum absolute atomic E-state index is 13.4. The predicted molar refractivity (Wildman–Crippen MR) is 87.5 cm³/mol. The molecule has 1 aromatic carbocycles. The van der Waals surface area contributed by atoms with Gasteiger partial charge in [-0.2, -0.15) is 13.2 Å². The average Bonchev–Trinajstić information content (AvgIpc) is 2.44. The third-order valence-electron chi connectivity index (χ3n) is 3.37. The molecule has 0 unspecified atom stereocenters. The van der Waals surface area contributed by atoms with Crippen molar-refractivity contribution in [1.29, 1.82) is 0 Å². The first-order valence-electron chi connectivity index (χ1n) is 6.82. The van der Waals surface area contributed by atoms with Crippen molar-refractivity contribution in [2.75, 3.05) is 47.2 Å². The van der Waals surface area contributed by atoms with Crippen LogP contribution >= 0.6 is 0 Å². The van der Waals surface area contributed by atoms with Crippen molar-refractivity contribution < 1.29 is 30.0 Å². The van der Waals surface area contributed by atoms with Crippen molar-refractivity contribution in [3.63, 3.8) is 0 Å². The summed E-state index contributed by atoms with van der Waals surface area (Å²) in [4.78, 5) is -0.468. The summed E-state index contributed by atoms with van der Waals surface area (Å²) in [5.41, 5.74) is -1.69. The lowest BCUT2D eigenvalue weighted by molar-refractivity contribution is -0.139. The predicted octanol–water partition coefficient (Wildman–Crippen LogP) is 1.27. The van der Waals surface area contributed by atoms with E-state index in [0.717, 1.165) is 18.4 Å². The molecule has 0 amide bonds. The second-order valence-electron chi connectivity index (χ2n) is 5.78. The highest BCUT2D eigenvalue weighted by Crippen LogP contribution is 2.40. The summed E-state index contributed by atoms with van der Waals surface area (Å²) in [5, 5.41) is 0. The molecule has 0 saturated carbocycles. The number of sulfonamides is 2. The lowest BCUT2D eigenvalue weighted by Crippen LogP contribution is -2.29. The Morgan fingerprint density at radius 2 is 1.16 bits per heavy atom. The standard InChI is InChI=1S/C13H20F3N3O4S2/c1-17(2)10-7-9(13(14,15)16)11(24(20,21)18(3)4)8-12(10)25(22,23)19(5)6/h7-8H,1-6H3. The van der Waals surface area contributed by atoms with E-state index in [0.29, 0.717) is 16.4 Å². The van der Waals surface area contributed by atoms with Crippen molar-refractivity contribution in [2.24, 2.45) is 0 Å². The lowest BCUT2D eigenvalue weighted by atomic mass is 10.2. The quantitative estimate of drug-likeness (QED) is 0.740. The molecule has 12 heteroatoms. The minimum absolute atomic E-state index is 0.265. The number of anilines is 1. The van der Waals surface area contributed by atoms with E-state index < -0.39 is 41.6 Å². The van der Waals surface area contributed by atoms with Crippen LogP contribution in [0.15, 0.2) is 21.9 Å². The van der Waals surface area contributed by atoms with E-state index in [-0.39, 0.29) is 5.69 Å². The van der Waals surface area contributed by atoms with Gasteiger partial charge in [0, 0.05) is 42.3 Å². The number of hydrogen-bond donors (Lipinski definition) is 0. The van der Waals surface area contributed by atoms with E-state index in [1.807, 2.05) is 0 Å². The van der Waals surface area contributed by atoms with E-state index in [1.165, 1.54) is 33.1 Å². The first-order chi connectivity index (χ1) is 11.0. The summed E-state index contributed by atoms with van der Waals surface area (Å²) in [6, 6.07) is 1.09. The van der Waals surface area contributed by atoms with Gasteiger partial charge < -0.3 is 4.90 Å². The van der Waals surface area contributed by atoms with Crippen molar-refractivity contribution in [1.82, 2.24) is 8.61 Å². The van der Waals surface area contributed by atoms with E-state index in [2.05, 4.69) is 0 Å². The van der Waals surface area contributed by atoms with Crippen LogP contribution in [0.2, 0.25) is 0 Å². The van der Waals surface area contributed by atoms with Gasteiger partial charge in [0.2, 0.25) is 20.0 Å². The highest BCUT2D eigenvalue weighted by Gasteiger charge is 2.40. The SMILES string of the molecule is CN(C)c1cc(C(F)(F)F)c(S(=O)(=O)N(C)C)cc1S(=O)(=O)N(C)C. The Labute approximate surface area is 145 Å². The van der Waals surface area contributed by atoms with Gasteiger partial charge in [-0.1, -0.05) is 0 Å². The minimum Gasteiger partial charge on any atom is -0.377 e. The van der Waals surface area contributed by atoms with Gasteiger partial charge in [-0.05, 0) is 12.1 Å². The van der Waals surface area contributed by atoms with E-state index in [1.54, 1.807) is 0 Å². The number of benzene rings is 1. The van der Waals surface area contributed by atoms with Crippen LogP contribution in [0.4, 0.5) is 18.9 Å². The Bertz CT molecular complexity index is 861. The molecule has 0 N–H and O–H groups in total. The molecule has 7 nitrogen and oxygen atoms in total. The van der Waals surface area contributed by atoms with Gasteiger partial charge in [0.1, 0.15) is 4.90 Å². The van der Waals surface area contributed by atoms with Crippen LogP contribution < -0.4 is 4.90 Å². The summed E-state index contributed by atoms with van der Waals surface area (Å²) in [7, 11) is -1.45. The van der Waals surface area contributed by atoms with Gasteiger partial charge in [-0.25, -0.2) is 25.4 Å². The number of nitrogens with zero attached hydrogens (tertiary/aromatic N) is 3. The molecule has 0 bridgehead atoms. The second kappa shape index (κ2) is 6.74. The van der Waals surface area contributed by atoms with Crippen LogP contribution in [0.5, 0.6) is 0 Å². The first kappa shape index (κ1) is 21.7. The normalized spacial score (nSPS) is 13.6. The molecule has 0 aliphatic rings. The van der Waals surface area contributed by atoms with E-state index in [4.69, 9.17) is 0 Å². The fraction of sp³-hybridized carbons (Fsp3) is 0.538. The molecule has 0 saturated heterocycles. The Morgan fingerprint density at radius 1 is 0.760 bits per heavy atom. The lowest BCUT2D eigenvalue weighted by Gasteiger charge is -2.24. The smallest absolute Gasteiger partial charge is 0.377 e. The third-order valence-corrected chi connectivity index (χ3v) is 7.06. The zero-order chi connectivity index (χ0) is 20.0. The summed E-state index contributed by atoms with van der Waals surface area (Å²) >= 11 is 0. The largest absolute Gasteiger partial charge is 0.417 e. The zero-order valence-electron chi connectivity index (χ0n) is 14.6. The van der Waals surface area contributed by atoms with Crippen LogP contribution in [-0.2, 0) is 26.2 Å². The molecule has 1 rings (SSSR count). The molecule has 0 atom stereocenters. The number of alkyl halides is 3. The zero-order valence-corrected chi connectivity index (χ0v) is 16.2. The number of halogens is 3. The first-order valence-corrected chi connectivity index (χ1v) is 9.70. The van der Waals surface area contributed by atoms with Crippen LogP contribution in [-0.4, -0.2) is 67.7 Å². The second-order valence-corrected chi connectivity index (χ2v) is 10.0. The molecule has 0 aliphatic carbocycles. The van der Waals surface area contributed by atoms with E-state index in [9.17, 15) is 30.0 Å². The maximum atomic E-state index is 13.4. The summed E-state index contributed by atoms with van der Waals surface area (Å²) in [6.45, 7) is 0. The van der Waals surface area contributed by atoms with Gasteiger partial charge in [-0.3, -0.25) is 0 Å². The van der Waals surface area contributed by atoms with Crippen molar-refractivity contribution in [3.8, 4) is 0 Å². The molecule has 0 spiro atoms. The highest BCUT2D eigenvalue weighted by molar-refractivity contribution is 7.90. The fourth-order valence-corrected chi connectivity index (χ4v) is 4.29. The molecule has 0 aliphatic heterocycles. The van der Waals surface area contributed by atoms with Gasteiger partial charge in [0.15, 0.2) is 0 Å². The maximum Gasteiger partial charge on any atom is 0.417 e. The molecule has 144 valence electrons. The van der Waals surface area contributed by atoms with Gasteiger partial charge >= 0.3 is 6.18 Å². The van der Waals surface area contributed by atoms with Crippen LogP contribution in [0, 0.1) is 0 Å². The summed E-state index contributed by atoms with van der Waals surface area (Å²) < 4.78 is 91.3. The van der Waals surface area contributed by atoms with E-state index >= 15 is 0 Å². The van der Waals surface area contributed by atoms with Gasteiger partial charge in [0.25, 0.3) is 0 Å². The topological polar surface area (TPSA) is 78.0 Å². The minimum atomic E-state index is -4.98. The molecule has 25 heavy (non-hydrogen) atoms. The van der Waals surface area contributed by atoms with Crippen LogP contribution in [0.3, 0.4) is 0 Å². The number of hydrogen-bond acceptors (Lipinski definition) is 5. The highest BCUT2D eigenvalue weighted by atomic mass is 32.2. The Kier molecular flexibility index (Phi) is 5.84. The Balaban J connectivity index is 4.09. The van der Waals surface area contributed by atoms with Crippen LogP contribution in [0.1, 0.15) is 5.56 Å². The monoisotopic (exact) mass is 403 g/mol. The van der Waals surface area contributed by atoms with Gasteiger partial charge in [-0.15, -0.1) is 0 Å². The number of rotatable bonds is 5. The third kappa shape index (κ3) is 4.07. The van der Waals surface area contributed by atoms with Gasteiger partial charge in [0.05, 0.1) is 16.1 Å². The molecule has 0 aromatic heterocycles.